The SMILES string of the molecule is COc1cc(OC)cc(C(=O)NCCc2nc(C3CCN(S(C)(=O)=O)CC3)no2)c1. The Morgan fingerprint density at radius 3 is 2.40 bits per heavy atom. The van der Waals surface area contributed by atoms with Crippen LogP contribution < -0.4 is 14.8 Å². The minimum Gasteiger partial charge on any atom is -0.497 e. The third kappa shape index (κ3) is 5.48. The molecular weight excluding hydrogens is 412 g/mol. The summed E-state index contributed by atoms with van der Waals surface area (Å²) in [4.78, 5) is 16.8. The number of benzene rings is 1. The fraction of sp³-hybridized carbons (Fsp3) is 0.526. The van der Waals surface area contributed by atoms with Gasteiger partial charge in [0.2, 0.25) is 15.9 Å². The molecule has 10 nitrogen and oxygen atoms in total. The van der Waals surface area contributed by atoms with Gasteiger partial charge >= 0.3 is 0 Å². The Kier molecular flexibility index (Phi) is 6.93. The van der Waals surface area contributed by atoms with Gasteiger partial charge in [-0.25, -0.2) is 12.7 Å². The van der Waals surface area contributed by atoms with Crippen molar-refractivity contribution in [1.29, 1.82) is 0 Å². The molecule has 1 aromatic carbocycles. The highest BCUT2D eigenvalue weighted by molar-refractivity contribution is 7.88. The number of nitrogens with zero attached hydrogens (tertiary/aromatic N) is 3. The van der Waals surface area contributed by atoms with Gasteiger partial charge in [0, 0.05) is 43.6 Å². The monoisotopic (exact) mass is 438 g/mol. The number of methoxy groups -OCH3 is 2. The van der Waals surface area contributed by atoms with Crippen LogP contribution in [-0.2, 0) is 16.4 Å². The second-order valence-electron chi connectivity index (χ2n) is 7.09. The van der Waals surface area contributed by atoms with Crippen LogP contribution in [0, 0.1) is 0 Å². The van der Waals surface area contributed by atoms with Gasteiger partial charge in [-0.15, -0.1) is 0 Å². The van der Waals surface area contributed by atoms with E-state index in [2.05, 4.69) is 15.5 Å². The molecule has 0 atom stereocenters. The highest BCUT2D eigenvalue weighted by Gasteiger charge is 2.28. The number of hydrogen-bond acceptors (Lipinski definition) is 8. The Bertz CT molecular complexity index is 960. The van der Waals surface area contributed by atoms with Crippen molar-refractivity contribution in [3.05, 3.63) is 35.5 Å². The predicted octanol–water partition coefficient (Wildman–Crippen LogP) is 1.20. The number of hydrogen-bond donors (Lipinski definition) is 1. The Hall–Kier alpha value is -2.66. The van der Waals surface area contributed by atoms with Gasteiger partial charge in [0.25, 0.3) is 5.91 Å². The van der Waals surface area contributed by atoms with Gasteiger partial charge in [-0.1, -0.05) is 5.16 Å². The molecule has 1 saturated heterocycles. The molecule has 0 saturated carbocycles. The van der Waals surface area contributed by atoms with Gasteiger partial charge in [0.05, 0.1) is 20.5 Å². The van der Waals surface area contributed by atoms with E-state index in [1.54, 1.807) is 18.2 Å². The number of ether oxygens (including phenoxy) is 2. The van der Waals surface area contributed by atoms with Crippen molar-refractivity contribution >= 4 is 15.9 Å². The zero-order valence-electron chi connectivity index (χ0n) is 17.3. The molecule has 1 aliphatic heterocycles. The molecule has 1 aliphatic rings. The molecule has 0 spiro atoms. The summed E-state index contributed by atoms with van der Waals surface area (Å²) in [6.45, 7) is 1.23. The first-order valence-corrected chi connectivity index (χ1v) is 11.4. The number of aromatic nitrogens is 2. The Balaban J connectivity index is 1.51. The lowest BCUT2D eigenvalue weighted by Crippen LogP contribution is -2.37. The van der Waals surface area contributed by atoms with Crippen molar-refractivity contribution < 1.29 is 27.2 Å². The highest BCUT2D eigenvalue weighted by atomic mass is 32.2. The van der Waals surface area contributed by atoms with Crippen LogP contribution in [0.4, 0.5) is 0 Å². The van der Waals surface area contributed by atoms with E-state index in [9.17, 15) is 13.2 Å². The van der Waals surface area contributed by atoms with E-state index in [1.165, 1.54) is 24.8 Å². The van der Waals surface area contributed by atoms with Crippen molar-refractivity contribution in [2.45, 2.75) is 25.2 Å². The average molecular weight is 439 g/mol. The van der Waals surface area contributed by atoms with Gasteiger partial charge in [0.15, 0.2) is 5.82 Å². The summed E-state index contributed by atoms with van der Waals surface area (Å²) < 4.78 is 40.3. The van der Waals surface area contributed by atoms with Gasteiger partial charge in [-0.2, -0.15) is 4.98 Å². The minimum absolute atomic E-state index is 0.0688. The van der Waals surface area contributed by atoms with Crippen molar-refractivity contribution in [3.63, 3.8) is 0 Å². The predicted molar refractivity (Wildman–Crippen MR) is 108 cm³/mol. The van der Waals surface area contributed by atoms with E-state index in [0.717, 1.165) is 0 Å². The van der Waals surface area contributed by atoms with Crippen LogP contribution in [0.1, 0.15) is 40.8 Å². The normalized spacial score (nSPS) is 15.7. The zero-order chi connectivity index (χ0) is 21.7. The van der Waals surface area contributed by atoms with Gasteiger partial charge in [-0.3, -0.25) is 4.79 Å². The second-order valence-corrected chi connectivity index (χ2v) is 9.07. The van der Waals surface area contributed by atoms with Gasteiger partial charge < -0.3 is 19.3 Å². The summed E-state index contributed by atoms with van der Waals surface area (Å²) in [5, 5.41) is 6.84. The highest BCUT2D eigenvalue weighted by Crippen LogP contribution is 2.27. The van der Waals surface area contributed by atoms with E-state index >= 15 is 0 Å². The molecular formula is C19H26N4O6S. The third-order valence-corrected chi connectivity index (χ3v) is 6.31. The first-order chi connectivity index (χ1) is 14.3. The van der Waals surface area contributed by atoms with Gasteiger partial charge in [-0.05, 0) is 25.0 Å². The van der Waals surface area contributed by atoms with E-state index in [-0.39, 0.29) is 11.8 Å². The lowest BCUT2D eigenvalue weighted by Gasteiger charge is -2.28. The van der Waals surface area contributed by atoms with Crippen molar-refractivity contribution in [2.24, 2.45) is 0 Å². The van der Waals surface area contributed by atoms with Crippen LogP contribution in [0.25, 0.3) is 0 Å². The first-order valence-electron chi connectivity index (χ1n) is 9.59. The Morgan fingerprint density at radius 2 is 1.83 bits per heavy atom. The van der Waals surface area contributed by atoms with E-state index < -0.39 is 10.0 Å². The first kappa shape index (κ1) is 22.0. The molecule has 0 bridgehead atoms. The zero-order valence-corrected chi connectivity index (χ0v) is 18.1. The molecule has 1 N–H and O–H groups in total. The number of piperidine rings is 1. The summed E-state index contributed by atoms with van der Waals surface area (Å²) >= 11 is 0. The Labute approximate surface area is 175 Å². The molecule has 1 fully saturated rings. The quantitative estimate of drug-likeness (QED) is 0.652. The number of sulfonamides is 1. The largest absolute Gasteiger partial charge is 0.497 e. The van der Waals surface area contributed by atoms with Crippen LogP contribution in [0.3, 0.4) is 0 Å². The van der Waals surface area contributed by atoms with E-state index in [1.807, 2.05) is 0 Å². The van der Waals surface area contributed by atoms with E-state index in [4.69, 9.17) is 14.0 Å². The minimum atomic E-state index is -3.17. The molecule has 1 amide bonds. The lowest BCUT2D eigenvalue weighted by molar-refractivity contribution is 0.0952. The smallest absolute Gasteiger partial charge is 0.251 e. The molecule has 3 rings (SSSR count). The van der Waals surface area contributed by atoms with Crippen LogP contribution in [0.5, 0.6) is 11.5 Å². The Morgan fingerprint density at radius 1 is 1.20 bits per heavy atom. The molecule has 30 heavy (non-hydrogen) atoms. The maximum absolute atomic E-state index is 12.4. The van der Waals surface area contributed by atoms with Crippen LogP contribution in [0.2, 0.25) is 0 Å². The summed E-state index contributed by atoms with van der Waals surface area (Å²) in [5.74, 6) is 1.88. The molecule has 2 heterocycles. The molecule has 1 aromatic heterocycles. The summed E-state index contributed by atoms with van der Waals surface area (Å²) in [6, 6.07) is 4.95. The van der Waals surface area contributed by atoms with Crippen molar-refractivity contribution in [2.75, 3.05) is 40.1 Å². The number of nitrogens with one attached hydrogen (secondary N) is 1. The molecule has 0 unspecified atom stereocenters. The summed E-state index contributed by atoms with van der Waals surface area (Å²) in [7, 11) is -0.120. The topological polar surface area (TPSA) is 124 Å². The number of rotatable bonds is 8. The van der Waals surface area contributed by atoms with Crippen molar-refractivity contribution in [1.82, 2.24) is 19.8 Å². The summed E-state index contributed by atoms with van der Waals surface area (Å²) in [5.41, 5.74) is 0.426. The molecule has 0 aliphatic carbocycles. The maximum atomic E-state index is 12.4. The number of carbonyl (C=O) groups excluding carboxylic acids is 1. The van der Waals surface area contributed by atoms with Crippen LogP contribution in [-0.4, -0.2) is 68.9 Å². The fourth-order valence-corrected chi connectivity index (χ4v) is 4.18. The molecule has 164 valence electrons. The van der Waals surface area contributed by atoms with Crippen LogP contribution in [0.15, 0.2) is 22.7 Å². The molecule has 0 radical (unpaired) electrons. The fourth-order valence-electron chi connectivity index (χ4n) is 3.30. The van der Waals surface area contributed by atoms with Gasteiger partial charge in [0.1, 0.15) is 11.5 Å². The average Bonchev–Trinajstić information content (AvgIpc) is 3.21. The standard InChI is InChI=1S/C19H26N4O6S/c1-27-15-10-14(11-16(12-15)28-2)19(24)20-7-4-17-21-18(22-29-17)13-5-8-23(9-6-13)30(3,25)26/h10-13H,4-9H2,1-3H3,(H,20,24). The number of carbonyl (C=O) groups is 1. The third-order valence-electron chi connectivity index (χ3n) is 5.01. The number of amides is 1. The lowest BCUT2D eigenvalue weighted by atomic mass is 9.97. The second kappa shape index (κ2) is 9.43. The molecule has 2 aromatic rings. The summed E-state index contributed by atoms with van der Waals surface area (Å²) in [6.07, 6.45) is 2.92. The van der Waals surface area contributed by atoms with Crippen molar-refractivity contribution in [3.8, 4) is 11.5 Å². The van der Waals surface area contributed by atoms with Crippen LogP contribution >= 0.6 is 0 Å². The van der Waals surface area contributed by atoms with E-state index in [0.29, 0.717) is 67.7 Å². The maximum Gasteiger partial charge on any atom is 0.251 e. The molecule has 11 heteroatoms.